The zero-order chi connectivity index (χ0) is 25.2. The number of carbonyl (C=O) groups is 2. The van der Waals surface area contributed by atoms with Crippen LogP contribution in [0.25, 0.3) is 0 Å². The first-order valence-corrected chi connectivity index (χ1v) is 11.2. The van der Waals surface area contributed by atoms with E-state index in [1.54, 1.807) is 42.5 Å². The summed E-state index contributed by atoms with van der Waals surface area (Å²) in [6, 6.07) is 18.1. The lowest BCUT2D eigenvalue weighted by atomic mass is 10.0. The van der Waals surface area contributed by atoms with Gasteiger partial charge in [0.2, 0.25) is 5.91 Å². The molecule has 1 atom stereocenters. The Morgan fingerprint density at radius 3 is 2.54 bits per heavy atom. The molecule has 0 radical (unpaired) electrons. The summed E-state index contributed by atoms with van der Waals surface area (Å²) in [6.07, 6.45) is 3.15. The summed E-state index contributed by atoms with van der Waals surface area (Å²) in [5.74, 6) is -1.59. The number of nitrogens with two attached hydrogens (primary N) is 1. The molecule has 0 aliphatic heterocycles. The van der Waals surface area contributed by atoms with Crippen molar-refractivity contribution in [2.24, 2.45) is 0 Å². The number of carbonyl (C=O) groups excluding carboxylic acids is 2. The molecule has 5 N–H and O–H groups in total. The maximum atomic E-state index is 13.9. The smallest absolute Gasteiger partial charge is 0.412 e. The fourth-order valence-corrected chi connectivity index (χ4v) is 3.33. The second kappa shape index (κ2) is 12.2. The van der Waals surface area contributed by atoms with Crippen molar-refractivity contribution in [3.05, 3.63) is 95.8 Å². The van der Waals surface area contributed by atoms with Gasteiger partial charge < -0.3 is 20.9 Å². The molecule has 7 nitrogen and oxygen atoms in total. The Kier molecular flexibility index (Phi) is 8.83. The summed E-state index contributed by atoms with van der Waals surface area (Å²) in [4.78, 5) is 24.6. The highest BCUT2D eigenvalue weighted by atomic mass is 19.1. The molecule has 0 bridgehead atoms. The van der Waals surface area contributed by atoms with E-state index in [2.05, 4.69) is 10.6 Å². The SMILES string of the molecule is Cc1ccc(NC(=O)O[C@H](CCC/C=C/C(=O)Nc2ccccc2N)c2ccc(O)c(F)c2)cc1. The van der Waals surface area contributed by atoms with Gasteiger partial charge in [-0.3, -0.25) is 10.1 Å². The normalized spacial score (nSPS) is 11.7. The van der Waals surface area contributed by atoms with Crippen LogP contribution in [-0.4, -0.2) is 17.1 Å². The van der Waals surface area contributed by atoms with Crippen LogP contribution in [0, 0.1) is 12.7 Å². The van der Waals surface area contributed by atoms with E-state index in [0.717, 1.165) is 11.6 Å². The first-order chi connectivity index (χ1) is 16.8. The quantitative estimate of drug-likeness (QED) is 0.170. The fourth-order valence-electron chi connectivity index (χ4n) is 3.33. The number of allylic oxidation sites excluding steroid dienone is 1. The van der Waals surface area contributed by atoms with Crippen LogP contribution in [0.4, 0.5) is 26.2 Å². The number of benzene rings is 3. The number of aryl methyl sites for hydroxylation is 1. The molecule has 0 heterocycles. The second-order valence-electron chi connectivity index (χ2n) is 8.01. The minimum absolute atomic E-state index is 0.311. The van der Waals surface area contributed by atoms with Crippen molar-refractivity contribution < 1.29 is 23.8 Å². The van der Waals surface area contributed by atoms with E-state index in [-0.39, 0.29) is 5.91 Å². The number of unbranched alkanes of at least 4 members (excludes halogenated alkanes) is 1. The lowest BCUT2D eigenvalue weighted by molar-refractivity contribution is -0.111. The molecule has 3 aromatic rings. The maximum Gasteiger partial charge on any atom is 0.412 e. The minimum atomic E-state index is -0.799. The highest BCUT2D eigenvalue weighted by molar-refractivity contribution is 6.01. The standard InChI is InChI=1S/C27H28FN3O4/c1-18-11-14-20(15-12-18)30-27(34)35-25(19-13-16-24(32)21(28)17-19)9-3-2-4-10-26(33)31-23-8-6-5-7-22(23)29/h4-8,10-17,25,32H,2-3,9,29H2,1H3,(H,30,34)(H,31,33)/b10-4+/t25-/m1/s1. The molecule has 0 unspecified atom stereocenters. The molecule has 2 amide bonds. The van der Waals surface area contributed by atoms with Crippen LogP contribution in [0.3, 0.4) is 0 Å². The van der Waals surface area contributed by atoms with Gasteiger partial charge in [-0.2, -0.15) is 0 Å². The molecule has 0 fully saturated rings. The van der Waals surface area contributed by atoms with Gasteiger partial charge in [-0.05, 0) is 74.2 Å². The average Bonchev–Trinajstić information content (AvgIpc) is 2.83. The number of phenolic OH excluding ortho intramolecular Hbond substituents is 1. The summed E-state index contributed by atoms with van der Waals surface area (Å²) in [6.45, 7) is 1.94. The van der Waals surface area contributed by atoms with Crippen LogP contribution in [0.5, 0.6) is 5.75 Å². The third-order valence-corrected chi connectivity index (χ3v) is 5.22. The topological polar surface area (TPSA) is 114 Å². The number of halogens is 1. The Morgan fingerprint density at radius 2 is 1.83 bits per heavy atom. The van der Waals surface area contributed by atoms with Crippen molar-refractivity contribution in [1.82, 2.24) is 0 Å². The van der Waals surface area contributed by atoms with Crippen LogP contribution in [0.15, 0.2) is 78.9 Å². The summed E-state index contributed by atoms with van der Waals surface area (Å²) < 4.78 is 19.5. The number of aromatic hydroxyl groups is 1. The molecule has 3 aromatic carbocycles. The van der Waals surface area contributed by atoms with E-state index in [0.29, 0.717) is 41.9 Å². The zero-order valence-corrected chi connectivity index (χ0v) is 19.3. The number of anilines is 3. The number of nitrogen functional groups attached to an aromatic ring is 1. The Labute approximate surface area is 203 Å². The van der Waals surface area contributed by atoms with E-state index in [4.69, 9.17) is 10.5 Å². The van der Waals surface area contributed by atoms with Crippen LogP contribution in [-0.2, 0) is 9.53 Å². The summed E-state index contributed by atoms with van der Waals surface area (Å²) in [7, 11) is 0. The van der Waals surface area contributed by atoms with E-state index >= 15 is 0 Å². The van der Waals surface area contributed by atoms with Crippen molar-refractivity contribution in [3.8, 4) is 5.75 Å². The van der Waals surface area contributed by atoms with E-state index < -0.39 is 23.8 Å². The van der Waals surface area contributed by atoms with Gasteiger partial charge in [-0.1, -0.05) is 42.0 Å². The molecular formula is C27H28FN3O4. The number of hydrogen-bond donors (Lipinski definition) is 4. The van der Waals surface area contributed by atoms with Crippen molar-refractivity contribution in [2.45, 2.75) is 32.3 Å². The lowest BCUT2D eigenvalue weighted by Crippen LogP contribution is -2.18. The van der Waals surface area contributed by atoms with Gasteiger partial charge in [0.05, 0.1) is 11.4 Å². The van der Waals surface area contributed by atoms with Crippen molar-refractivity contribution >= 4 is 29.1 Å². The molecule has 3 rings (SSSR count). The van der Waals surface area contributed by atoms with Gasteiger partial charge >= 0.3 is 6.09 Å². The average molecular weight is 478 g/mol. The van der Waals surface area contributed by atoms with Gasteiger partial charge in [-0.25, -0.2) is 9.18 Å². The first-order valence-electron chi connectivity index (χ1n) is 11.2. The molecule has 0 saturated heterocycles. The number of para-hydroxylation sites is 2. The Hall–Kier alpha value is -4.33. The van der Waals surface area contributed by atoms with Gasteiger partial charge in [0.25, 0.3) is 0 Å². The second-order valence-corrected chi connectivity index (χ2v) is 8.01. The molecule has 0 saturated carbocycles. The van der Waals surface area contributed by atoms with E-state index in [9.17, 15) is 19.1 Å². The molecule has 0 aliphatic rings. The highest BCUT2D eigenvalue weighted by Gasteiger charge is 2.18. The maximum absolute atomic E-state index is 13.9. The fraction of sp³-hybridized carbons (Fsp3) is 0.185. The summed E-state index contributed by atoms with van der Waals surface area (Å²) in [5, 5.41) is 14.9. The molecule has 0 aromatic heterocycles. The summed E-state index contributed by atoms with van der Waals surface area (Å²) >= 11 is 0. The third kappa shape index (κ3) is 7.89. The largest absolute Gasteiger partial charge is 0.505 e. The van der Waals surface area contributed by atoms with Gasteiger partial charge in [0.15, 0.2) is 11.6 Å². The zero-order valence-electron chi connectivity index (χ0n) is 19.3. The van der Waals surface area contributed by atoms with Crippen LogP contribution < -0.4 is 16.4 Å². The van der Waals surface area contributed by atoms with Crippen molar-refractivity contribution in [3.63, 3.8) is 0 Å². The van der Waals surface area contributed by atoms with Gasteiger partial charge in [0.1, 0.15) is 6.10 Å². The number of phenols is 1. The van der Waals surface area contributed by atoms with Gasteiger partial charge in [-0.15, -0.1) is 0 Å². The van der Waals surface area contributed by atoms with E-state index in [1.165, 1.54) is 18.2 Å². The first kappa shape index (κ1) is 25.3. The Bertz CT molecular complexity index is 1200. The number of rotatable bonds is 9. The number of hydrogen-bond acceptors (Lipinski definition) is 5. The molecule has 35 heavy (non-hydrogen) atoms. The van der Waals surface area contributed by atoms with Crippen molar-refractivity contribution in [1.29, 1.82) is 0 Å². The Balaban J connectivity index is 1.57. The number of ether oxygens (including phenoxy) is 1. The van der Waals surface area contributed by atoms with Crippen LogP contribution >= 0.6 is 0 Å². The number of amides is 2. The lowest BCUT2D eigenvalue weighted by Gasteiger charge is -2.19. The molecular weight excluding hydrogens is 449 g/mol. The molecule has 182 valence electrons. The van der Waals surface area contributed by atoms with Gasteiger partial charge in [0, 0.05) is 5.69 Å². The Morgan fingerprint density at radius 1 is 1.09 bits per heavy atom. The molecule has 8 heteroatoms. The third-order valence-electron chi connectivity index (χ3n) is 5.22. The van der Waals surface area contributed by atoms with Crippen LogP contribution in [0.2, 0.25) is 0 Å². The highest BCUT2D eigenvalue weighted by Crippen LogP contribution is 2.28. The van der Waals surface area contributed by atoms with E-state index in [1.807, 2.05) is 19.1 Å². The number of nitrogens with one attached hydrogen (secondary N) is 2. The predicted molar refractivity (Wildman–Crippen MR) is 135 cm³/mol. The molecule has 0 spiro atoms. The minimum Gasteiger partial charge on any atom is -0.505 e. The van der Waals surface area contributed by atoms with Crippen LogP contribution in [0.1, 0.15) is 36.5 Å². The predicted octanol–water partition coefficient (Wildman–Crippen LogP) is 6.08. The van der Waals surface area contributed by atoms with Crippen molar-refractivity contribution in [2.75, 3.05) is 16.4 Å². The summed E-state index contributed by atoms with van der Waals surface area (Å²) in [5.41, 5.74) is 8.87. The monoisotopic (exact) mass is 477 g/mol. The molecule has 0 aliphatic carbocycles.